The van der Waals surface area contributed by atoms with Crippen molar-refractivity contribution in [1.29, 1.82) is 0 Å². The average molecular weight is 508 g/mol. The molecule has 35 heavy (non-hydrogen) atoms. The number of amides is 1. The molecular formula is C23H20F4N4O3S. The number of halogens is 4. The molecule has 1 aliphatic heterocycles. The number of nitrogens with zero attached hydrogens (tertiary/aromatic N) is 4. The number of rotatable bonds is 4. The van der Waals surface area contributed by atoms with E-state index < -0.39 is 53.1 Å². The van der Waals surface area contributed by atoms with Crippen LogP contribution in [0.2, 0.25) is 0 Å². The van der Waals surface area contributed by atoms with Gasteiger partial charge in [-0.25, -0.2) is 17.6 Å². The number of pyridine rings is 1. The zero-order valence-electron chi connectivity index (χ0n) is 18.5. The fraction of sp³-hybridized carbons (Fsp3) is 0.391. The van der Waals surface area contributed by atoms with Gasteiger partial charge in [-0.05, 0) is 25.0 Å². The highest BCUT2D eigenvalue weighted by Crippen LogP contribution is 2.45. The summed E-state index contributed by atoms with van der Waals surface area (Å²) in [4.78, 5) is 27.3. The molecule has 1 saturated carbocycles. The minimum Gasteiger partial charge on any atom is -0.503 e. The number of carbonyl (C=O) groups is 1. The minimum atomic E-state index is -2.92. The Morgan fingerprint density at radius 2 is 1.97 bits per heavy atom. The first kappa shape index (κ1) is 23.5. The maximum absolute atomic E-state index is 14.2. The fourth-order valence-electron chi connectivity index (χ4n) is 4.91. The maximum atomic E-state index is 14.2. The molecule has 1 aromatic carbocycles. The fourth-order valence-corrected chi connectivity index (χ4v) is 5.78. The van der Waals surface area contributed by atoms with Crippen molar-refractivity contribution >= 4 is 17.2 Å². The van der Waals surface area contributed by atoms with Crippen molar-refractivity contribution in [3.63, 3.8) is 0 Å². The number of hydrogen-bond donors (Lipinski definition) is 1. The number of hydrogen-bond acceptors (Lipinski definition) is 6. The Hall–Kier alpha value is -3.28. The number of benzene rings is 1. The summed E-state index contributed by atoms with van der Waals surface area (Å²) < 4.78 is 57.0. The average Bonchev–Trinajstić information content (AvgIpc) is 3.25. The number of aromatic hydroxyl groups is 1. The van der Waals surface area contributed by atoms with Gasteiger partial charge in [-0.1, -0.05) is 17.4 Å². The van der Waals surface area contributed by atoms with Crippen LogP contribution in [-0.2, 0) is 6.42 Å². The molecule has 184 valence electrons. The van der Waals surface area contributed by atoms with E-state index in [0.29, 0.717) is 5.01 Å². The molecule has 3 aromatic rings. The van der Waals surface area contributed by atoms with Gasteiger partial charge in [0.05, 0.1) is 17.6 Å². The molecule has 7 nitrogen and oxygen atoms in total. The van der Waals surface area contributed by atoms with Crippen LogP contribution >= 0.6 is 11.3 Å². The Labute approximate surface area is 200 Å². The molecule has 1 aliphatic carbocycles. The van der Waals surface area contributed by atoms with Crippen molar-refractivity contribution in [2.75, 3.05) is 6.54 Å². The van der Waals surface area contributed by atoms with Gasteiger partial charge in [0, 0.05) is 38.1 Å². The first-order chi connectivity index (χ1) is 16.6. The van der Waals surface area contributed by atoms with Gasteiger partial charge >= 0.3 is 0 Å². The SMILES string of the molecule is CCN1C(=O)c2c(O)c(=O)c(-c3nnc(Cc4ccc(F)cc4F)s3)cn2[C@H]2CCC(F)(F)C[C@H]21. The van der Waals surface area contributed by atoms with Gasteiger partial charge in [-0.15, -0.1) is 10.2 Å². The first-order valence-corrected chi connectivity index (χ1v) is 11.8. The zero-order chi connectivity index (χ0) is 25.1. The predicted molar refractivity (Wildman–Crippen MR) is 119 cm³/mol. The van der Waals surface area contributed by atoms with E-state index in [4.69, 9.17) is 0 Å². The Morgan fingerprint density at radius 3 is 2.69 bits per heavy atom. The molecule has 3 heterocycles. The van der Waals surface area contributed by atoms with Crippen LogP contribution in [0.5, 0.6) is 5.75 Å². The third-order valence-electron chi connectivity index (χ3n) is 6.58. The Kier molecular flexibility index (Phi) is 5.65. The van der Waals surface area contributed by atoms with Crippen molar-refractivity contribution in [3.05, 3.63) is 62.5 Å². The van der Waals surface area contributed by atoms with Gasteiger partial charge in [-0.3, -0.25) is 9.59 Å². The highest BCUT2D eigenvalue weighted by Gasteiger charge is 2.49. The molecule has 1 fully saturated rings. The molecular weight excluding hydrogens is 488 g/mol. The van der Waals surface area contributed by atoms with Gasteiger partial charge in [0.25, 0.3) is 5.91 Å². The van der Waals surface area contributed by atoms with Crippen LogP contribution in [0.25, 0.3) is 10.6 Å². The van der Waals surface area contributed by atoms with E-state index in [1.165, 1.54) is 21.7 Å². The van der Waals surface area contributed by atoms with Crippen LogP contribution in [0.4, 0.5) is 17.6 Å². The van der Waals surface area contributed by atoms with Crippen LogP contribution < -0.4 is 5.43 Å². The molecule has 0 saturated heterocycles. The molecule has 12 heteroatoms. The Balaban J connectivity index is 1.55. The lowest BCUT2D eigenvalue weighted by Gasteiger charge is -2.47. The highest BCUT2D eigenvalue weighted by atomic mass is 32.1. The van der Waals surface area contributed by atoms with Crippen molar-refractivity contribution in [2.45, 2.75) is 50.6 Å². The standard InChI is InChI=1S/C23H20F4N4O3S/c1-2-30-16-9-23(26,27)6-5-15(16)31-10-13(19(32)20(33)18(31)22(30)34)21-29-28-17(35-21)7-11-3-4-12(24)8-14(11)25/h3-4,8,10,15-16,33H,2,5-7,9H2,1H3/t15-,16+/m0/s1. The molecule has 1 N–H and O–H groups in total. The summed E-state index contributed by atoms with van der Waals surface area (Å²) in [6.07, 6.45) is 0.540. The summed E-state index contributed by atoms with van der Waals surface area (Å²) in [6.45, 7) is 1.82. The third-order valence-corrected chi connectivity index (χ3v) is 7.54. The number of likely N-dealkylation sites (N-methyl/N-ethyl adjacent to an activating group) is 1. The molecule has 2 atom stereocenters. The van der Waals surface area contributed by atoms with E-state index in [-0.39, 0.29) is 47.6 Å². The lowest BCUT2D eigenvalue weighted by molar-refractivity contribution is -0.0774. The molecule has 0 radical (unpaired) electrons. The van der Waals surface area contributed by atoms with Gasteiger partial charge < -0.3 is 14.6 Å². The molecule has 0 spiro atoms. The molecule has 2 aromatic heterocycles. The lowest BCUT2D eigenvalue weighted by Crippen LogP contribution is -2.55. The Bertz CT molecular complexity index is 1390. The maximum Gasteiger partial charge on any atom is 0.274 e. The second-order valence-electron chi connectivity index (χ2n) is 8.71. The molecule has 1 amide bonds. The number of fused-ring (bicyclic) bond motifs is 3. The van der Waals surface area contributed by atoms with Gasteiger partial charge in [0.1, 0.15) is 16.6 Å². The first-order valence-electron chi connectivity index (χ1n) is 11.0. The minimum absolute atomic E-state index is 0.00572. The summed E-state index contributed by atoms with van der Waals surface area (Å²) in [6, 6.07) is 1.83. The lowest BCUT2D eigenvalue weighted by atomic mass is 9.84. The number of aromatic nitrogens is 3. The summed E-state index contributed by atoms with van der Waals surface area (Å²) in [5, 5.41) is 19.1. The van der Waals surface area contributed by atoms with E-state index in [2.05, 4.69) is 10.2 Å². The Morgan fingerprint density at radius 1 is 1.20 bits per heavy atom. The highest BCUT2D eigenvalue weighted by molar-refractivity contribution is 7.14. The van der Waals surface area contributed by atoms with E-state index in [0.717, 1.165) is 23.5 Å². The quantitative estimate of drug-likeness (QED) is 0.535. The van der Waals surface area contributed by atoms with Crippen LogP contribution in [0, 0.1) is 11.6 Å². The van der Waals surface area contributed by atoms with Crippen molar-refractivity contribution in [1.82, 2.24) is 19.7 Å². The van der Waals surface area contributed by atoms with E-state index >= 15 is 0 Å². The smallest absolute Gasteiger partial charge is 0.274 e. The summed E-state index contributed by atoms with van der Waals surface area (Å²) >= 11 is 0.980. The second-order valence-corrected chi connectivity index (χ2v) is 9.78. The predicted octanol–water partition coefficient (Wildman–Crippen LogP) is 4.15. The van der Waals surface area contributed by atoms with Crippen LogP contribution in [0.3, 0.4) is 0 Å². The zero-order valence-corrected chi connectivity index (χ0v) is 19.3. The van der Waals surface area contributed by atoms with Crippen LogP contribution in [-0.4, -0.2) is 49.2 Å². The van der Waals surface area contributed by atoms with Crippen molar-refractivity contribution < 1.29 is 27.5 Å². The summed E-state index contributed by atoms with van der Waals surface area (Å²) in [5.74, 6) is -5.83. The van der Waals surface area contributed by atoms with E-state index in [9.17, 15) is 32.3 Å². The molecule has 0 bridgehead atoms. The van der Waals surface area contributed by atoms with Crippen molar-refractivity contribution in [3.8, 4) is 16.3 Å². The second kappa shape index (κ2) is 8.43. The van der Waals surface area contributed by atoms with Gasteiger partial charge in [0.15, 0.2) is 16.5 Å². The topological polar surface area (TPSA) is 88.3 Å². The van der Waals surface area contributed by atoms with Gasteiger partial charge in [0.2, 0.25) is 11.4 Å². The molecule has 2 aliphatic rings. The van der Waals surface area contributed by atoms with E-state index in [1.54, 1.807) is 6.92 Å². The normalized spacial score (nSPS) is 21.1. The largest absolute Gasteiger partial charge is 0.503 e. The van der Waals surface area contributed by atoms with Gasteiger partial charge in [-0.2, -0.15) is 0 Å². The third kappa shape index (κ3) is 3.99. The number of alkyl halides is 2. The molecule has 5 rings (SSSR count). The summed E-state index contributed by atoms with van der Waals surface area (Å²) in [5.41, 5.74) is -0.917. The summed E-state index contributed by atoms with van der Waals surface area (Å²) in [7, 11) is 0. The van der Waals surface area contributed by atoms with Crippen LogP contribution in [0.15, 0.2) is 29.2 Å². The number of carbonyl (C=O) groups excluding carboxylic acids is 1. The van der Waals surface area contributed by atoms with Crippen molar-refractivity contribution in [2.24, 2.45) is 0 Å². The van der Waals surface area contributed by atoms with E-state index in [1.807, 2.05) is 0 Å². The van der Waals surface area contributed by atoms with Crippen LogP contribution in [0.1, 0.15) is 53.3 Å². The molecule has 0 unspecified atom stereocenters. The monoisotopic (exact) mass is 508 g/mol.